The van der Waals surface area contributed by atoms with Gasteiger partial charge in [-0.25, -0.2) is 17.6 Å². The van der Waals surface area contributed by atoms with Crippen LogP contribution in [0.15, 0.2) is 35.2 Å². The monoisotopic (exact) mass is 391 g/mol. The van der Waals surface area contributed by atoms with Gasteiger partial charge in [0.2, 0.25) is 0 Å². The van der Waals surface area contributed by atoms with Crippen LogP contribution in [-0.2, 0) is 0 Å². The highest BCUT2D eigenvalue weighted by Gasteiger charge is 2.14. The summed E-state index contributed by atoms with van der Waals surface area (Å²) in [6, 6.07) is 5.04. The third-order valence-electron chi connectivity index (χ3n) is 3.21. The van der Waals surface area contributed by atoms with E-state index in [0.29, 0.717) is 24.3 Å². The quantitative estimate of drug-likeness (QED) is 0.300. The van der Waals surface area contributed by atoms with Gasteiger partial charge >= 0.3 is 0 Å². The van der Waals surface area contributed by atoms with Crippen LogP contribution in [0.1, 0.15) is 23.7 Å². The van der Waals surface area contributed by atoms with Crippen molar-refractivity contribution in [3.8, 4) is 0 Å². The second kappa shape index (κ2) is 8.58. The number of nitrogens with one attached hydrogen (secondary N) is 1. The Balaban J connectivity index is 2.14. The zero-order valence-electron chi connectivity index (χ0n) is 13.1. The SMILES string of the molecule is CC(Cl)CCSc1cc(C(=O)Nc2cc(F)c(F)c(F)c2)ccc1F. The predicted molar refractivity (Wildman–Crippen MR) is 91.3 cm³/mol. The van der Waals surface area contributed by atoms with Crippen molar-refractivity contribution >= 4 is 35.0 Å². The van der Waals surface area contributed by atoms with Crippen LogP contribution >= 0.6 is 23.4 Å². The number of rotatable bonds is 6. The van der Waals surface area contributed by atoms with Gasteiger partial charge in [-0.05, 0) is 37.3 Å². The van der Waals surface area contributed by atoms with Crippen LogP contribution < -0.4 is 5.32 Å². The van der Waals surface area contributed by atoms with E-state index >= 15 is 0 Å². The van der Waals surface area contributed by atoms with Gasteiger partial charge in [0.1, 0.15) is 5.82 Å². The molecule has 0 spiro atoms. The molecule has 0 radical (unpaired) electrons. The minimum atomic E-state index is -1.62. The molecule has 0 aliphatic rings. The molecule has 1 amide bonds. The Labute approximate surface area is 151 Å². The molecule has 1 atom stereocenters. The zero-order chi connectivity index (χ0) is 18.6. The molecule has 1 unspecified atom stereocenters. The van der Waals surface area contributed by atoms with Crippen molar-refractivity contribution in [1.82, 2.24) is 0 Å². The topological polar surface area (TPSA) is 29.1 Å². The largest absolute Gasteiger partial charge is 0.322 e. The lowest BCUT2D eigenvalue weighted by atomic mass is 10.2. The van der Waals surface area contributed by atoms with Crippen molar-refractivity contribution < 1.29 is 22.4 Å². The lowest BCUT2D eigenvalue weighted by Crippen LogP contribution is -2.13. The van der Waals surface area contributed by atoms with Crippen molar-refractivity contribution in [2.75, 3.05) is 11.1 Å². The van der Waals surface area contributed by atoms with E-state index in [4.69, 9.17) is 11.6 Å². The fraction of sp³-hybridized carbons (Fsp3) is 0.235. The molecule has 0 fully saturated rings. The Morgan fingerprint density at radius 3 is 2.36 bits per heavy atom. The van der Waals surface area contributed by atoms with E-state index in [-0.39, 0.29) is 21.5 Å². The fourth-order valence-electron chi connectivity index (χ4n) is 1.92. The van der Waals surface area contributed by atoms with Gasteiger partial charge in [-0.3, -0.25) is 4.79 Å². The first-order chi connectivity index (χ1) is 11.8. The van der Waals surface area contributed by atoms with E-state index < -0.39 is 29.2 Å². The molecule has 2 aromatic carbocycles. The summed E-state index contributed by atoms with van der Waals surface area (Å²) in [4.78, 5) is 12.4. The molecular weight excluding hydrogens is 378 g/mol. The van der Waals surface area contributed by atoms with E-state index in [1.807, 2.05) is 6.92 Å². The summed E-state index contributed by atoms with van der Waals surface area (Å²) < 4.78 is 53.1. The molecule has 134 valence electrons. The van der Waals surface area contributed by atoms with Crippen LogP contribution in [0.2, 0.25) is 0 Å². The van der Waals surface area contributed by atoms with Crippen molar-refractivity contribution in [3.05, 3.63) is 59.2 Å². The lowest BCUT2D eigenvalue weighted by molar-refractivity contribution is 0.102. The highest BCUT2D eigenvalue weighted by atomic mass is 35.5. The summed E-state index contributed by atoms with van der Waals surface area (Å²) in [5.41, 5.74) is -0.135. The lowest BCUT2D eigenvalue weighted by Gasteiger charge is -2.09. The van der Waals surface area contributed by atoms with Crippen molar-refractivity contribution in [2.45, 2.75) is 23.6 Å². The second-order valence-electron chi connectivity index (χ2n) is 5.27. The van der Waals surface area contributed by atoms with Gasteiger partial charge in [-0.2, -0.15) is 0 Å². The van der Waals surface area contributed by atoms with E-state index in [2.05, 4.69) is 5.32 Å². The van der Waals surface area contributed by atoms with E-state index in [1.165, 1.54) is 23.9 Å². The maximum absolute atomic E-state index is 13.8. The minimum Gasteiger partial charge on any atom is -0.322 e. The number of carbonyl (C=O) groups is 1. The third kappa shape index (κ3) is 5.37. The van der Waals surface area contributed by atoms with Gasteiger partial charge in [0.05, 0.1) is 0 Å². The average Bonchev–Trinajstić information content (AvgIpc) is 2.53. The van der Waals surface area contributed by atoms with Gasteiger partial charge in [0.15, 0.2) is 17.5 Å². The Morgan fingerprint density at radius 1 is 1.12 bits per heavy atom. The molecule has 0 aromatic heterocycles. The summed E-state index contributed by atoms with van der Waals surface area (Å²) in [5, 5.41) is 2.20. The molecule has 2 rings (SSSR count). The van der Waals surface area contributed by atoms with Crippen LogP contribution in [0.3, 0.4) is 0 Å². The normalized spacial score (nSPS) is 12.1. The first-order valence-corrected chi connectivity index (χ1v) is 8.72. The second-order valence-corrected chi connectivity index (χ2v) is 7.15. The first-order valence-electron chi connectivity index (χ1n) is 7.30. The first kappa shape index (κ1) is 19.6. The number of hydrogen-bond acceptors (Lipinski definition) is 2. The Bertz CT molecular complexity index is 762. The Morgan fingerprint density at radius 2 is 1.76 bits per heavy atom. The molecule has 2 aromatic rings. The van der Waals surface area contributed by atoms with Crippen LogP contribution in [0.4, 0.5) is 23.2 Å². The zero-order valence-corrected chi connectivity index (χ0v) is 14.7. The molecule has 25 heavy (non-hydrogen) atoms. The maximum Gasteiger partial charge on any atom is 0.255 e. The number of hydrogen-bond donors (Lipinski definition) is 1. The third-order valence-corrected chi connectivity index (χ3v) is 4.49. The highest BCUT2D eigenvalue weighted by molar-refractivity contribution is 7.99. The average molecular weight is 392 g/mol. The molecule has 8 heteroatoms. The number of anilines is 1. The fourth-order valence-corrected chi connectivity index (χ4v) is 3.26. The summed E-state index contributed by atoms with van der Waals surface area (Å²) in [6.45, 7) is 1.82. The Hall–Kier alpha value is -1.73. The molecule has 0 saturated heterocycles. The van der Waals surface area contributed by atoms with E-state index in [1.54, 1.807) is 0 Å². The number of thioether (sulfide) groups is 1. The van der Waals surface area contributed by atoms with Crippen LogP contribution in [-0.4, -0.2) is 17.0 Å². The van der Waals surface area contributed by atoms with Crippen LogP contribution in [0.5, 0.6) is 0 Å². The summed E-state index contributed by atoms with van der Waals surface area (Å²) >= 11 is 7.04. The van der Waals surface area contributed by atoms with Gasteiger partial charge in [0.25, 0.3) is 5.91 Å². The highest BCUT2D eigenvalue weighted by Crippen LogP contribution is 2.25. The van der Waals surface area contributed by atoms with Crippen LogP contribution in [0.25, 0.3) is 0 Å². The smallest absolute Gasteiger partial charge is 0.255 e. The maximum atomic E-state index is 13.8. The summed E-state index contributed by atoms with van der Waals surface area (Å²) in [6.07, 6.45) is 0.663. The summed E-state index contributed by atoms with van der Waals surface area (Å²) in [5.74, 6) is -5.06. The molecular formula is C17H14ClF4NOS. The van der Waals surface area contributed by atoms with Crippen LogP contribution in [0, 0.1) is 23.3 Å². The molecule has 0 bridgehead atoms. The number of carbonyl (C=O) groups excluding carboxylic acids is 1. The standard InChI is InChI=1S/C17H14ClF4NOS/c1-9(18)4-5-25-15-6-10(2-3-12(15)19)17(24)23-11-7-13(20)16(22)14(21)8-11/h2-3,6-9H,4-5H2,1H3,(H,23,24). The van der Waals surface area contributed by atoms with Crippen molar-refractivity contribution in [1.29, 1.82) is 0 Å². The minimum absolute atomic E-state index is 0.0506. The van der Waals surface area contributed by atoms with Gasteiger partial charge in [-0.15, -0.1) is 23.4 Å². The predicted octanol–water partition coefficient (Wildman–Crippen LogP) is 5.60. The molecule has 0 aliphatic heterocycles. The number of halogens is 5. The number of alkyl halides is 1. The molecule has 1 N–H and O–H groups in total. The van der Waals surface area contributed by atoms with Crippen molar-refractivity contribution in [3.63, 3.8) is 0 Å². The number of amides is 1. The van der Waals surface area contributed by atoms with Crippen molar-refractivity contribution in [2.24, 2.45) is 0 Å². The molecule has 0 heterocycles. The molecule has 0 saturated carbocycles. The summed E-state index contributed by atoms with van der Waals surface area (Å²) in [7, 11) is 0. The Kier molecular flexibility index (Phi) is 6.72. The van der Waals surface area contributed by atoms with E-state index in [0.717, 1.165) is 6.07 Å². The molecule has 2 nitrogen and oxygen atoms in total. The van der Waals surface area contributed by atoms with E-state index in [9.17, 15) is 22.4 Å². The van der Waals surface area contributed by atoms with Gasteiger partial charge in [0, 0.05) is 33.7 Å². The number of benzene rings is 2. The van der Waals surface area contributed by atoms with Gasteiger partial charge < -0.3 is 5.32 Å². The van der Waals surface area contributed by atoms with Gasteiger partial charge in [-0.1, -0.05) is 0 Å². The molecule has 0 aliphatic carbocycles.